The van der Waals surface area contributed by atoms with Crippen molar-refractivity contribution in [1.82, 2.24) is 9.97 Å². The second kappa shape index (κ2) is 7.61. The zero-order chi connectivity index (χ0) is 18.8. The molecule has 0 spiro atoms. The lowest BCUT2D eigenvalue weighted by Gasteiger charge is -2.33. The summed E-state index contributed by atoms with van der Waals surface area (Å²) < 4.78 is 0. The van der Waals surface area contributed by atoms with Crippen LogP contribution in [0.2, 0.25) is 0 Å². The van der Waals surface area contributed by atoms with Gasteiger partial charge in [0.1, 0.15) is 0 Å². The number of hydrogen-bond donors (Lipinski definition) is 0. The van der Waals surface area contributed by atoms with Gasteiger partial charge in [0, 0.05) is 45.4 Å². The van der Waals surface area contributed by atoms with Crippen molar-refractivity contribution < 1.29 is 0 Å². The maximum atomic E-state index is 4.76. The number of fused-ring (bicyclic) bond motifs is 2. The monoisotopic (exact) mass is 380 g/mol. The Bertz CT molecular complexity index is 1030. The molecule has 0 aliphatic carbocycles. The number of rotatable bonds is 4. The van der Waals surface area contributed by atoms with E-state index in [1.54, 1.807) is 0 Å². The second-order valence-electron chi connectivity index (χ2n) is 7.04. The highest BCUT2D eigenvalue weighted by Crippen LogP contribution is 2.51. The Balaban J connectivity index is 1.68. The fourth-order valence-electron chi connectivity index (χ4n) is 4.11. The SMILES string of the molecule is c1ccc(CC(c2ccccn2)C2c3ccccc3Sc3ccccc32)nc1. The molecule has 1 aliphatic rings. The van der Waals surface area contributed by atoms with Crippen LogP contribution in [0.3, 0.4) is 0 Å². The van der Waals surface area contributed by atoms with E-state index >= 15 is 0 Å². The molecule has 2 aromatic carbocycles. The van der Waals surface area contributed by atoms with Crippen molar-refractivity contribution in [2.75, 3.05) is 0 Å². The van der Waals surface area contributed by atoms with Gasteiger partial charge in [-0.05, 0) is 53.9 Å². The summed E-state index contributed by atoms with van der Waals surface area (Å²) in [5.74, 6) is 0.477. The van der Waals surface area contributed by atoms with Gasteiger partial charge in [-0.3, -0.25) is 9.97 Å². The highest BCUT2D eigenvalue weighted by molar-refractivity contribution is 7.99. The molecule has 0 saturated heterocycles. The van der Waals surface area contributed by atoms with E-state index in [1.165, 1.54) is 20.9 Å². The van der Waals surface area contributed by atoms with Crippen LogP contribution in [0.25, 0.3) is 0 Å². The standard InChI is InChI=1S/C25H20N2S/c1-3-13-23-19(10-1)25(20-11-2-4-14-24(20)28-23)21(22-12-6-8-16-27-22)17-18-9-5-7-15-26-18/h1-16,21,25H,17H2. The van der Waals surface area contributed by atoms with Crippen LogP contribution in [0.15, 0.2) is 107 Å². The smallest absolute Gasteiger partial charge is 0.0447 e. The topological polar surface area (TPSA) is 25.8 Å². The average molecular weight is 381 g/mol. The molecule has 136 valence electrons. The van der Waals surface area contributed by atoms with Crippen LogP contribution in [-0.2, 0) is 6.42 Å². The lowest BCUT2D eigenvalue weighted by atomic mass is 9.76. The molecule has 0 amide bonds. The maximum Gasteiger partial charge on any atom is 0.0447 e. The minimum atomic E-state index is 0.222. The molecular weight excluding hydrogens is 360 g/mol. The molecule has 1 aliphatic heterocycles. The van der Waals surface area contributed by atoms with Crippen LogP contribution in [0, 0.1) is 0 Å². The summed E-state index contributed by atoms with van der Waals surface area (Å²) in [6.07, 6.45) is 4.63. The highest BCUT2D eigenvalue weighted by atomic mass is 32.2. The van der Waals surface area contributed by atoms with Crippen molar-refractivity contribution in [2.45, 2.75) is 28.0 Å². The Labute approximate surface area is 169 Å². The minimum Gasteiger partial charge on any atom is -0.261 e. The van der Waals surface area contributed by atoms with E-state index in [2.05, 4.69) is 77.8 Å². The van der Waals surface area contributed by atoms with Gasteiger partial charge in [0.2, 0.25) is 0 Å². The quantitative estimate of drug-likeness (QED) is 0.428. The van der Waals surface area contributed by atoms with Crippen LogP contribution in [0.4, 0.5) is 0 Å². The minimum absolute atomic E-state index is 0.222. The van der Waals surface area contributed by atoms with Crippen LogP contribution >= 0.6 is 11.8 Å². The first-order chi connectivity index (χ1) is 13.9. The number of nitrogens with zero attached hydrogens (tertiary/aromatic N) is 2. The molecule has 1 atom stereocenters. The third-order valence-electron chi connectivity index (χ3n) is 5.35. The van der Waals surface area contributed by atoms with Crippen LogP contribution in [-0.4, -0.2) is 9.97 Å². The first-order valence-corrected chi connectivity index (χ1v) is 10.4. The fourth-order valence-corrected chi connectivity index (χ4v) is 5.27. The van der Waals surface area contributed by atoms with E-state index in [4.69, 9.17) is 4.98 Å². The Morgan fingerprint density at radius 1 is 0.679 bits per heavy atom. The summed E-state index contributed by atoms with van der Waals surface area (Å²) >= 11 is 1.87. The molecule has 0 radical (unpaired) electrons. The number of benzene rings is 2. The number of aromatic nitrogens is 2. The van der Waals surface area contributed by atoms with Gasteiger partial charge < -0.3 is 0 Å². The molecule has 0 N–H and O–H groups in total. The molecule has 3 heterocycles. The van der Waals surface area contributed by atoms with Crippen LogP contribution in [0.5, 0.6) is 0 Å². The fraction of sp³-hybridized carbons (Fsp3) is 0.120. The maximum absolute atomic E-state index is 4.76. The third kappa shape index (κ3) is 3.23. The highest BCUT2D eigenvalue weighted by Gasteiger charge is 2.34. The van der Waals surface area contributed by atoms with Crippen molar-refractivity contribution in [1.29, 1.82) is 0 Å². The van der Waals surface area contributed by atoms with Crippen molar-refractivity contribution in [3.05, 3.63) is 120 Å². The lowest BCUT2D eigenvalue weighted by Crippen LogP contribution is -2.20. The first-order valence-electron chi connectivity index (χ1n) is 9.57. The molecule has 0 bridgehead atoms. The average Bonchev–Trinajstić information content (AvgIpc) is 2.77. The van der Waals surface area contributed by atoms with Crippen molar-refractivity contribution in [3.63, 3.8) is 0 Å². The molecule has 5 rings (SSSR count). The summed E-state index contributed by atoms with van der Waals surface area (Å²) in [6, 6.07) is 30.0. The molecule has 2 nitrogen and oxygen atoms in total. The molecule has 2 aromatic heterocycles. The second-order valence-corrected chi connectivity index (χ2v) is 8.13. The Hall–Kier alpha value is -2.91. The Morgan fingerprint density at radius 3 is 1.89 bits per heavy atom. The zero-order valence-electron chi connectivity index (χ0n) is 15.4. The van der Waals surface area contributed by atoms with E-state index in [1.807, 2.05) is 36.3 Å². The predicted octanol–water partition coefficient (Wildman–Crippen LogP) is 6.10. The summed E-state index contributed by atoms with van der Waals surface area (Å²) in [6.45, 7) is 0. The van der Waals surface area contributed by atoms with Gasteiger partial charge in [0.05, 0.1) is 0 Å². The predicted molar refractivity (Wildman–Crippen MR) is 114 cm³/mol. The van der Waals surface area contributed by atoms with E-state index in [9.17, 15) is 0 Å². The third-order valence-corrected chi connectivity index (χ3v) is 6.54. The zero-order valence-corrected chi connectivity index (χ0v) is 16.2. The Morgan fingerprint density at radius 2 is 1.29 bits per heavy atom. The summed E-state index contributed by atoms with van der Waals surface area (Å²) in [4.78, 5) is 12.1. The number of pyridine rings is 2. The van der Waals surface area contributed by atoms with Gasteiger partial charge in [-0.2, -0.15) is 0 Å². The van der Waals surface area contributed by atoms with Gasteiger partial charge in [0.25, 0.3) is 0 Å². The van der Waals surface area contributed by atoms with Gasteiger partial charge in [-0.1, -0.05) is 60.3 Å². The van der Waals surface area contributed by atoms with Gasteiger partial charge >= 0.3 is 0 Å². The van der Waals surface area contributed by atoms with Gasteiger partial charge in [0.15, 0.2) is 0 Å². The van der Waals surface area contributed by atoms with E-state index in [0.717, 1.165) is 17.8 Å². The number of hydrogen-bond acceptors (Lipinski definition) is 3. The van der Waals surface area contributed by atoms with Crippen LogP contribution in [0.1, 0.15) is 34.4 Å². The van der Waals surface area contributed by atoms with Crippen LogP contribution < -0.4 is 0 Å². The van der Waals surface area contributed by atoms with Gasteiger partial charge in [-0.15, -0.1) is 0 Å². The molecule has 4 aromatic rings. The van der Waals surface area contributed by atoms with Crippen molar-refractivity contribution in [3.8, 4) is 0 Å². The molecule has 3 heteroatoms. The molecular formula is C25H20N2S. The van der Waals surface area contributed by atoms with E-state index in [0.29, 0.717) is 0 Å². The van der Waals surface area contributed by atoms with Crippen molar-refractivity contribution >= 4 is 11.8 Å². The summed E-state index contributed by atoms with van der Waals surface area (Å²) in [5, 5.41) is 0. The van der Waals surface area contributed by atoms with E-state index < -0.39 is 0 Å². The molecule has 0 fully saturated rings. The first kappa shape index (κ1) is 17.2. The van der Waals surface area contributed by atoms with Crippen molar-refractivity contribution in [2.24, 2.45) is 0 Å². The largest absolute Gasteiger partial charge is 0.261 e. The summed E-state index contributed by atoms with van der Waals surface area (Å²) in [7, 11) is 0. The molecule has 1 unspecified atom stereocenters. The van der Waals surface area contributed by atoms with E-state index in [-0.39, 0.29) is 11.8 Å². The Kier molecular flexibility index (Phi) is 4.67. The summed E-state index contributed by atoms with van der Waals surface area (Å²) in [5.41, 5.74) is 5.00. The van der Waals surface area contributed by atoms with Gasteiger partial charge in [-0.25, -0.2) is 0 Å². The molecule has 0 saturated carbocycles. The normalized spacial score (nSPS) is 14.1. The molecule has 28 heavy (non-hydrogen) atoms. The lowest BCUT2D eigenvalue weighted by molar-refractivity contribution is 0.563.